The summed E-state index contributed by atoms with van der Waals surface area (Å²) < 4.78 is 6.00. The molecule has 0 saturated carbocycles. The number of benzene rings is 1. The maximum Gasteiger partial charge on any atom is 0.303 e. The van der Waals surface area contributed by atoms with Crippen molar-refractivity contribution >= 4 is 17.3 Å². The van der Waals surface area contributed by atoms with Crippen LogP contribution < -0.4 is 0 Å². The van der Waals surface area contributed by atoms with Gasteiger partial charge in [-0.05, 0) is 84.9 Å². The van der Waals surface area contributed by atoms with Crippen molar-refractivity contribution in [3.05, 3.63) is 45.3 Å². The van der Waals surface area contributed by atoms with Gasteiger partial charge in [0.15, 0.2) is 0 Å². The third kappa shape index (κ3) is 4.33. The van der Waals surface area contributed by atoms with Crippen molar-refractivity contribution in [1.29, 1.82) is 0 Å². The Labute approximate surface area is 169 Å². The van der Waals surface area contributed by atoms with E-state index < -0.39 is 5.97 Å². The molecule has 0 aliphatic rings. The molecule has 0 aliphatic heterocycles. The van der Waals surface area contributed by atoms with Crippen LogP contribution in [0, 0.1) is 26.7 Å². The molecule has 0 spiro atoms. The fraction of sp³-hybridized carbons (Fsp3) is 0.409. The number of aromatic nitrogens is 2. The van der Waals surface area contributed by atoms with E-state index in [4.69, 9.17) is 9.52 Å². The van der Waals surface area contributed by atoms with E-state index >= 15 is 0 Å². The molecule has 0 unspecified atom stereocenters. The lowest BCUT2D eigenvalue weighted by Crippen LogP contribution is -2.01. The van der Waals surface area contributed by atoms with Gasteiger partial charge in [-0.15, -0.1) is 21.5 Å². The number of carboxylic acid groups (broad SMARTS) is 1. The Morgan fingerprint density at radius 3 is 2.39 bits per heavy atom. The highest BCUT2D eigenvalue weighted by Crippen LogP contribution is 2.34. The smallest absolute Gasteiger partial charge is 0.303 e. The summed E-state index contributed by atoms with van der Waals surface area (Å²) in [4.78, 5) is 11.9. The van der Waals surface area contributed by atoms with Gasteiger partial charge in [-0.2, -0.15) is 0 Å². The highest BCUT2D eigenvalue weighted by molar-refractivity contribution is 7.13. The average molecular weight is 399 g/mol. The van der Waals surface area contributed by atoms with Crippen LogP contribution in [0.1, 0.15) is 48.1 Å². The van der Waals surface area contributed by atoms with E-state index in [9.17, 15) is 4.79 Å². The second-order valence-corrected chi connectivity index (χ2v) is 8.59. The highest BCUT2D eigenvalue weighted by atomic mass is 32.1. The lowest BCUT2D eigenvalue weighted by molar-refractivity contribution is -0.136. The lowest BCUT2D eigenvalue weighted by Gasteiger charge is -2.10. The van der Waals surface area contributed by atoms with Gasteiger partial charge in [0.25, 0.3) is 5.89 Å². The fourth-order valence-corrected chi connectivity index (χ4v) is 4.50. The molecule has 0 fully saturated rings. The van der Waals surface area contributed by atoms with Gasteiger partial charge >= 0.3 is 5.97 Å². The van der Waals surface area contributed by atoms with E-state index in [-0.39, 0.29) is 6.42 Å². The summed E-state index contributed by atoms with van der Waals surface area (Å²) in [6.07, 6.45) is 1.69. The molecule has 3 rings (SSSR count). The Kier molecular flexibility index (Phi) is 5.98. The van der Waals surface area contributed by atoms with Crippen LogP contribution in [0.25, 0.3) is 22.2 Å². The molecular formula is C22H26N2O3S. The molecule has 2 heterocycles. The zero-order chi connectivity index (χ0) is 20.4. The summed E-state index contributed by atoms with van der Waals surface area (Å²) in [6.45, 7) is 10.5. The molecule has 0 bridgehead atoms. The third-order valence-electron chi connectivity index (χ3n) is 4.92. The number of aryl methyl sites for hydroxylation is 2. The Morgan fingerprint density at radius 2 is 1.79 bits per heavy atom. The topological polar surface area (TPSA) is 76.2 Å². The first-order chi connectivity index (χ1) is 13.3. The van der Waals surface area contributed by atoms with Crippen molar-refractivity contribution in [3.8, 4) is 22.2 Å². The van der Waals surface area contributed by atoms with Gasteiger partial charge in [-0.25, -0.2) is 0 Å². The molecule has 0 atom stereocenters. The van der Waals surface area contributed by atoms with Gasteiger partial charge in [0.05, 0.1) is 4.88 Å². The number of hydrogen-bond donors (Lipinski definition) is 1. The Hall–Kier alpha value is -2.47. The number of nitrogens with zero attached hydrogens (tertiary/aromatic N) is 2. The van der Waals surface area contributed by atoms with Crippen LogP contribution in [0.3, 0.4) is 0 Å². The summed E-state index contributed by atoms with van der Waals surface area (Å²) in [5, 5.41) is 19.7. The third-order valence-corrected chi connectivity index (χ3v) is 6.04. The minimum atomic E-state index is -0.785. The van der Waals surface area contributed by atoms with Crippen LogP contribution in [0.15, 0.2) is 21.9 Å². The summed E-state index contributed by atoms with van der Waals surface area (Å²) in [6, 6.07) is 3.99. The van der Waals surface area contributed by atoms with E-state index in [0.29, 0.717) is 24.1 Å². The van der Waals surface area contributed by atoms with Crippen LogP contribution in [0.5, 0.6) is 0 Å². The molecule has 0 aliphatic carbocycles. The Balaban J connectivity index is 1.88. The van der Waals surface area contributed by atoms with Crippen LogP contribution in [0.4, 0.5) is 0 Å². The molecule has 0 radical (unpaired) electrons. The molecule has 148 valence electrons. The molecule has 0 saturated heterocycles. The van der Waals surface area contributed by atoms with E-state index in [1.807, 2.05) is 26.0 Å². The molecule has 1 aromatic carbocycles. The maximum atomic E-state index is 10.9. The standard InChI is InChI=1S/C22H26N2O3S/c1-12(2)8-17-11-28-20(15(17)5)22-24-23-21(27-22)16-9-13(3)18(14(4)10-16)6-7-19(25)26/h9-12H,6-8H2,1-5H3,(H,25,26). The zero-order valence-corrected chi connectivity index (χ0v) is 17.8. The first-order valence-corrected chi connectivity index (χ1v) is 10.4. The van der Waals surface area contributed by atoms with Crippen molar-refractivity contribution in [2.45, 2.75) is 53.9 Å². The normalized spacial score (nSPS) is 11.4. The fourth-order valence-electron chi connectivity index (χ4n) is 3.48. The molecule has 6 heteroatoms. The van der Waals surface area contributed by atoms with Gasteiger partial charge in [0.2, 0.25) is 5.89 Å². The molecule has 28 heavy (non-hydrogen) atoms. The first-order valence-electron chi connectivity index (χ1n) is 9.49. The second-order valence-electron chi connectivity index (χ2n) is 7.71. The minimum Gasteiger partial charge on any atom is -0.481 e. The summed E-state index contributed by atoms with van der Waals surface area (Å²) in [5.74, 6) is 0.861. The number of thiophene rings is 1. The van der Waals surface area contributed by atoms with Crippen LogP contribution >= 0.6 is 11.3 Å². The molecule has 2 aromatic heterocycles. The van der Waals surface area contributed by atoms with Gasteiger partial charge in [0, 0.05) is 12.0 Å². The van der Waals surface area contributed by atoms with Gasteiger partial charge in [-0.3, -0.25) is 4.79 Å². The molecule has 3 aromatic rings. The molecule has 0 amide bonds. The predicted molar refractivity (Wildman–Crippen MR) is 112 cm³/mol. The van der Waals surface area contributed by atoms with Crippen LogP contribution in [-0.4, -0.2) is 21.3 Å². The van der Waals surface area contributed by atoms with E-state index in [1.165, 1.54) is 11.1 Å². The number of carbonyl (C=O) groups is 1. The van der Waals surface area contributed by atoms with Crippen molar-refractivity contribution < 1.29 is 14.3 Å². The van der Waals surface area contributed by atoms with Crippen molar-refractivity contribution in [2.24, 2.45) is 5.92 Å². The zero-order valence-electron chi connectivity index (χ0n) is 17.0. The SMILES string of the molecule is Cc1cc(-c2nnc(-c3scc(CC(C)C)c3C)o2)cc(C)c1CCC(=O)O. The van der Waals surface area contributed by atoms with Crippen molar-refractivity contribution in [2.75, 3.05) is 0 Å². The number of aliphatic carboxylic acids is 1. The minimum absolute atomic E-state index is 0.127. The van der Waals surface area contributed by atoms with Crippen molar-refractivity contribution in [1.82, 2.24) is 10.2 Å². The summed E-state index contributed by atoms with van der Waals surface area (Å²) >= 11 is 1.65. The summed E-state index contributed by atoms with van der Waals surface area (Å²) in [5.41, 5.74) is 6.57. The number of hydrogen-bond acceptors (Lipinski definition) is 5. The number of rotatable bonds is 7. The maximum absolute atomic E-state index is 10.9. The van der Waals surface area contributed by atoms with Crippen LogP contribution in [-0.2, 0) is 17.6 Å². The number of carboxylic acids is 1. The van der Waals surface area contributed by atoms with Gasteiger partial charge < -0.3 is 9.52 Å². The van der Waals surface area contributed by atoms with Crippen LogP contribution in [0.2, 0.25) is 0 Å². The van der Waals surface area contributed by atoms with E-state index in [1.54, 1.807) is 11.3 Å². The first kappa shape index (κ1) is 20.3. The average Bonchev–Trinajstić information content (AvgIpc) is 3.21. The largest absolute Gasteiger partial charge is 0.481 e. The van der Waals surface area contributed by atoms with E-state index in [2.05, 4.69) is 36.3 Å². The predicted octanol–water partition coefficient (Wildman–Crippen LogP) is 5.61. The molecule has 1 N–H and O–H groups in total. The van der Waals surface area contributed by atoms with Crippen molar-refractivity contribution in [3.63, 3.8) is 0 Å². The van der Waals surface area contributed by atoms with Gasteiger partial charge in [-0.1, -0.05) is 13.8 Å². The molecule has 5 nitrogen and oxygen atoms in total. The Bertz CT molecular complexity index is 978. The lowest BCUT2D eigenvalue weighted by atomic mass is 9.96. The monoisotopic (exact) mass is 398 g/mol. The quantitative estimate of drug-likeness (QED) is 0.560. The van der Waals surface area contributed by atoms with Gasteiger partial charge in [0.1, 0.15) is 0 Å². The Morgan fingerprint density at radius 1 is 1.14 bits per heavy atom. The second kappa shape index (κ2) is 8.27. The summed E-state index contributed by atoms with van der Waals surface area (Å²) in [7, 11) is 0. The van der Waals surface area contributed by atoms with E-state index in [0.717, 1.165) is 33.6 Å². The highest BCUT2D eigenvalue weighted by Gasteiger charge is 2.18. The molecular weight excluding hydrogens is 372 g/mol.